The molecular weight excluding hydrogens is 206 g/mol. The van der Waals surface area contributed by atoms with Crippen molar-refractivity contribution in [2.75, 3.05) is 6.54 Å². The molecule has 1 aliphatic carbocycles. The number of fused-ring (bicyclic) bond motifs is 1. The molecule has 2 heterocycles. The van der Waals surface area contributed by atoms with Crippen LogP contribution >= 0.6 is 0 Å². The normalized spacial score (nSPS) is 17.8. The maximum atomic E-state index is 9.95. The second-order valence-electron chi connectivity index (χ2n) is 4.14. The van der Waals surface area contributed by atoms with Gasteiger partial charge in [-0.05, 0) is 29.3 Å². The number of hydrogen-bond acceptors (Lipinski definition) is 5. The first-order valence-corrected chi connectivity index (χ1v) is 5.42. The highest BCUT2D eigenvalue weighted by Crippen LogP contribution is 2.20. The minimum atomic E-state index is -0.505. The molecule has 2 N–H and O–H groups in total. The van der Waals surface area contributed by atoms with Crippen LogP contribution in [0.2, 0.25) is 0 Å². The van der Waals surface area contributed by atoms with E-state index in [1.54, 1.807) is 16.8 Å². The fourth-order valence-corrected chi connectivity index (χ4v) is 1.64. The van der Waals surface area contributed by atoms with Crippen molar-refractivity contribution in [2.24, 2.45) is 0 Å². The van der Waals surface area contributed by atoms with Crippen LogP contribution in [0.4, 0.5) is 0 Å². The second-order valence-corrected chi connectivity index (χ2v) is 4.14. The molecule has 0 spiro atoms. The molecular formula is C10H13N5O. The van der Waals surface area contributed by atoms with Crippen LogP contribution in [0.5, 0.6) is 0 Å². The lowest BCUT2D eigenvalue weighted by molar-refractivity contribution is 0.173. The van der Waals surface area contributed by atoms with Gasteiger partial charge in [0.05, 0.1) is 6.10 Å². The summed E-state index contributed by atoms with van der Waals surface area (Å²) in [7, 11) is 0. The number of tetrazole rings is 1. The summed E-state index contributed by atoms with van der Waals surface area (Å²) >= 11 is 0. The lowest BCUT2D eigenvalue weighted by Gasteiger charge is -2.11. The Morgan fingerprint density at radius 3 is 3.19 bits per heavy atom. The molecule has 1 saturated carbocycles. The van der Waals surface area contributed by atoms with E-state index in [2.05, 4.69) is 20.8 Å². The average molecular weight is 219 g/mol. The van der Waals surface area contributed by atoms with Crippen molar-refractivity contribution >= 4 is 5.65 Å². The molecule has 3 rings (SSSR count). The largest absolute Gasteiger partial charge is 0.387 e. The topological polar surface area (TPSA) is 75.3 Å². The number of nitrogens with one attached hydrogen (secondary N) is 1. The van der Waals surface area contributed by atoms with E-state index in [0.29, 0.717) is 18.2 Å². The number of rotatable bonds is 4. The van der Waals surface area contributed by atoms with Crippen LogP contribution in [0.15, 0.2) is 18.3 Å². The lowest BCUT2D eigenvalue weighted by atomic mass is 10.1. The summed E-state index contributed by atoms with van der Waals surface area (Å²) in [5, 5.41) is 24.4. The summed E-state index contributed by atoms with van der Waals surface area (Å²) in [5.74, 6) is 0. The monoisotopic (exact) mass is 219 g/mol. The SMILES string of the molecule is OC(CNC1CC1)c1ccc2nnnn2c1. The molecule has 0 saturated heterocycles. The molecule has 2 aromatic heterocycles. The van der Waals surface area contributed by atoms with Gasteiger partial charge in [-0.15, -0.1) is 5.10 Å². The molecule has 2 aromatic rings. The van der Waals surface area contributed by atoms with Gasteiger partial charge in [0, 0.05) is 24.3 Å². The van der Waals surface area contributed by atoms with Gasteiger partial charge in [0.15, 0.2) is 5.65 Å². The van der Waals surface area contributed by atoms with Crippen molar-refractivity contribution < 1.29 is 5.11 Å². The van der Waals surface area contributed by atoms with Gasteiger partial charge in [-0.25, -0.2) is 4.52 Å². The van der Waals surface area contributed by atoms with E-state index in [9.17, 15) is 5.11 Å². The highest BCUT2D eigenvalue weighted by atomic mass is 16.3. The zero-order chi connectivity index (χ0) is 11.0. The Morgan fingerprint density at radius 1 is 1.50 bits per heavy atom. The molecule has 16 heavy (non-hydrogen) atoms. The number of hydrogen-bond donors (Lipinski definition) is 2. The molecule has 1 unspecified atom stereocenters. The number of pyridine rings is 1. The van der Waals surface area contributed by atoms with Crippen LogP contribution in [-0.4, -0.2) is 37.7 Å². The van der Waals surface area contributed by atoms with E-state index < -0.39 is 6.10 Å². The highest BCUT2D eigenvalue weighted by molar-refractivity contribution is 5.36. The van der Waals surface area contributed by atoms with Crippen LogP contribution in [0, 0.1) is 0 Å². The van der Waals surface area contributed by atoms with Crippen molar-refractivity contribution in [2.45, 2.75) is 25.0 Å². The first kappa shape index (κ1) is 9.68. The highest BCUT2D eigenvalue weighted by Gasteiger charge is 2.21. The molecule has 0 aliphatic heterocycles. The molecule has 0 radical (unpaired) electrons. The maximum Gasteiger partial charge on any atom is 0.179 e. The van der Waals surface area contributed by atoms with Crippen LogP contribution in [0.3, 0.4) is 0 Å². The van der Waals surface area contributed by atoms with Crippen molar-refractivity contribution in [3.63, 3.8) is 0 Å². The van der Waals surface area contributed by atoms with E-state index in [1.807, 2.05) is 6.07 Å². The minimum absolute atomic E-state index is 0.505. The molecule has 0 amide bonds. The first-order chi connectivity index (χ1) is 7.83. The van der Waals surface area contributed by atoms with Gasteiger partial charge in [-0.3, -0.25) is 0 Å². The minimum Gasteiger partial charge on any atom is -0.387 e. The van der Waals surface area contributed by atoms with E-state index in [1.165, 1.54) is 12.8 Å². The second kappa shape index (κ2) is 3.80. The molecule has 6 nitrogen and oxygen atoms in total. The molecule has 6 heteroatoms. The third-order valence-electron chi connectivity index (χ3n) is 2.78. The van der Waals surface area contributed by atoms with Gasteiger partial charge >= 0.3 is 0 Å². The molecule has 0 aromatic carbocycles. The van der Waals surface area contributed by atoms with E-state index in [4.69, 9.17) is 0 Å². The predicted octanol–water partition coefficient (Wildman–Crippen LogP) is -0.0903. The number of nitrogens with zero attached hydrogens (tertiary/aromatic N) is 4. The molecule has 0 bridgehead atoms. The van der Waals surface area contributed by atoms with E-state index in [-0.39, 0.29) is 0 Å². The predicted molar refractivity (Wildman–Crippen MR) is 56.8 cm³/mol. The smallest absolute Gasteiger partial charge is 0.179 e. The third kappa shape index (κ3) is 1.89. The van der Waals surface area contributed by atoms with Crippen molar-refractivity contribution in [3.8, 4) is 0 Å². The van der Waals surface area contributed by atoms with E-state index >= 15 is 0 Å². The Kier molecular flexibility index (Phi) is 2.30. The Labute approximate surface area is 92.3 Å². The Balaban J connectivity index is 1.75. The van der Waals surface area contributed by atoms with Gasteiger partial charge < -0.3 is 10.4 Å². The quantitative estimate of drug-likeness (QED) is 0.751. The third-order valence-corrected chi connectivity index (χ3v) is 2.78. The van der Waals surface area contributed by atoms with Crippen LogP contribution in [0.1, 0.15) is 24.5 Å². The van der Waals surface area contributed by atoms with Gasteiger partial charge in [0.1, 0.15) is 0 Å². The van der Waals surface area contributed by atoms with Crippen molar-refractivity contribution in [1.29, 1.82) is 0 Å². The fourth-order valence-electron chi connectivity index (χ4n) is 1.64. The molecule has 1 fully saturated rings. The van der Waals surface area contributed by atoms with Gasteiger partial charge in [-0.2, -0.15) is 0 Å². The maximum absolute atomic E-state index is 9.95. The lowest BCUT2D eigenvalue weighted by Crippen LogP contribution is -2.23. The summed E-state index contributed by atoms with van der Waals surface area (Å²) in [6.45, 7) is 0.582. The van der Waals surface area contributed by atoms with Crippen molar-refractivity contribution in [3.05, 3.63) is 23.9 Å². The van der Waals surface area contributed by atoms with Crippen molar-refractivity contribution in [1.82, 2.24) is 25.4 Å². The Morgan fingerprint density at radius 2 is 2.38 bits per heavy atom. The fraction of sp³-hybridized carbons (Fsp3) is 0.500. The summed E-state index contributed by atoms with van der Waals surface area (Å²) in [6.07, 6.45) is 3.70. The number of aromatic nitrogens is 4. The molecule has 1 aliphatic rings. The summed E-state index contributed by atoms with van der Waals surface area (Å²) in [4.78, 5) is 0. The van der Waals surface area contributed by atoms with Gasteiger partial charge in [0.25, 0.3) is 0 Å². The Hall–Kier alpha value is -1.53. The van der Waals surface area contributed by atoms with Crippen LogP contribution < -0.4 is 5.32 Å². The van der Waals surface area contributed by atoms with Crippen LogP contribution in [0.25, 0.3) is 5.65 Å². The zero-order valence-electron chi connectivity index (χ0n) is 8.74. The standard InChI is InChI=1S/C10H13N5O/c16-9(5-11-8-2-3-8)7-1-4-10-12-13-14-15(10)6-7/h1,4,6,8-9,11,16H,2-3,5H2. The van der Waals surface area contributed by atoms with Crippen LogP contribution in [-0.2, 0) is 0 Å². The molecule has 1 atom stereocenters. The van der Waals surface area contributed by atoms with Gasteiger partial charge in [0.2, 0.25) is 0 Å². The van der Waals surface area contributed by atoms with Gasteiger partial charge in [-0.1, -0.05) is 6.07 Å². The number of aliphatic hydroxyl groups excluding tert-OH is 1. The summed E-state index contributed by atoms with van der Waals surface area (Å²) in [5.41, 5.74) is 1.51. The summed E-state index contributed by atoms with van der Waals surface area (Å²) in [6, 6.07) is 4.26. The first-order valence-electron chi connectivity index (χ1n) is 5.42. The zero-order valence-corrected chi connectivity index (χ0v) is 8.74. The Bertz CT molecular complexity index is 493. The summed E-state index contributed by atoms with van der Waals surface area (Å²) < 4.78 is 1.57. The van der Waals surface area contributed by atoms with E-state index in [0.717, 1.165) is 5.56 Å². The molecule has 84 valence electrons. The average Bonchev–Trinajstić information content (AvgIpc) is 3.01. The number of aliphatic hydroxyl groups is 1.